The smallest absolute Gasteiger partial charge is 0.222 e. The van der Waals surface area contributed by atoms with Crippen LogP contribution in [0.25, 0.3) is 11.3 Å². The van der Waals surface area contributed by atoms with Crippen LogP contribution in [0.5, 0.6) is 17.2 Å². The van der Waals surface area contributed by atoms with E-state index in [9.17, 15) is 15.3 Å². The molecule has 0 fully saturated rings. The van der Waals surface area contributed by atoms with Crippen molar-refractivity contribution in [1.29, 1.82) is 0 Å². The second-order valence-electron chi connectivity index (χ2n) is 6.07. The number of anilines is 2. The van der Waals surface area contributed by atoms with Crippen molar-refractivity contribution in [2.24, 2.45) is 0 Å². The summed E-state index contributed by atoms with van der Waals surface area (Å²) in [5.74, 6) is -0.583. The number of phenols is 3. The molecule has 6 N–H and O–H groups in total. The molecule has 0 amide bonds. The first-order valence-corrected chi connectivity index (χ1v) is 8.60. The molecule has 2 aromatic carbocycles. The van der Waals surface area contributed by atoms with Gasteiger partial charge in [0.2, 0.25) is 5.95 Å². The number of nitrogens with zero attached hydrogens (tertiary/aromatic N) is 2. The molecule has 140 valence electrons. The molecule has 0 aliphatic carbocycles. The minimum Gasteiger partial charge on any atom is -0.504 e. The second-order valence-corrected chi connectivity index (χ2v) is 6.48. The fourth-order valence-corrected chi connectivity index (χ4v) is 2.89. The second kappa shape index (κ2) is 7.59. The van der Waals surface area contributed by atoms with Crippen LogP contribution < -0.4 is 11.1 Å². The van der Waals surface area contributed by atoms with Crippen molar-refractivity contribution in [3.63, 3.8) is 0 Å². The van der Waals surface area contributed by atoms with Crippen molar-refractivity contribution in [2.75, 3.05) is 17.6 Å². The number of phenolic OH excluding ortho intramolecular Hbond substituents is 3. The maximum atomic E-state index is 9.57. The molecule has 3 rings (SSSR count). The lowest BCUT2D eigenvalue weighted by Gasteiger charge is -2.11. The summed E-state index contributed by atoms with van der Waals surface area (Å²) in [6, 6.07) is 10.1. The highest BCUT2D eigenvalue weighted by Gasteiger charge is 2.10. The third kappa shape index (κ3) is 4.15. The molecule has 0 bridgehead atoms. The molecule has 0 unspecified atom stereocenters. The van der Waals surface area contributed by atoms with Gasteiger partial charge in [0.25, 0.3) is 0 Å². The number of rotatable bonds is 5. The predicted molar refractivity (Wildman–Crippen MR) is 105 cm³/mol. The largest absolute Gasteiger partial charge is 0.504 e. The van der Waals surface area contributed by atoms with Crippen molar-refractivity contribution >= 4 is 23.4 Å². The fraction of sp³-hybridized carbons (Fsp3) is 0.158. The van der Waals surface area contributed by atoms with Gasteiger partial charge in [-0.15, -0.1) is 0 Å². The van der Waals surface area contributed by atoms with Crippen LogP contribution in [0.1, 0.15) is 11.1 Å². The molecule has 8 heteroatoms. The summed E-state index contributed by atoms with van der Waals surface area (Å²) in [6.07, 6.45) is 0.483. The van der Waals surface area contributed by atoms with Crippen LogP contribution in [-0.2, 0) is 6.42 Å². The van der Waals surface area contributed by atoms with E-state index in [0.717, 1.165) is 11.1 Å². The molecule has 1 heterocycles. The summed E-state index contributed by atoms with van der Waals surface area (Å²) < 4.78 is 0. The first-order chi connectivity index (χ1) is 12.8. The molecule has 0 saturated carbocycles. The van der Waals surface area contributed by atoms with Gasteiger partial charge in [0.05, 0.1) is 5.69 Å². The van der Waals surface area contributed by atoms with Crippen molar-refractivity contribution in [3.05, 3.63) is 52.5 Å². The molecule has 7 nitrogen and oxygen atoms in total. The molecule has 0 aliphatic heterocycles. The van der Waals surface area contributed by atoms with Crippen LogP contribution in [0.15, 0.2) is 36.4 Å². The van der Waals surface area contributed by atoms with Crippen LogP contribution in [0, 0.1) is 6.92 Å². The topological polar surface area (TPSA) is 125 Å². The van der Waals surface area contributed by atoms with Gasteiger partial charge in [0.15, 0.2) is 17.2 Å². The molecule has 0 atom stereocenters. The number of aromatic nitrogens is 2. The number of benzene rings is 2. The standard InChI is InChI=1S/C19H19ClN4O3/c1-10-12(3-2-4-13(10)20)14-9-17(24-19(21)23-14)22-6-5-11-7-15(25)18(27)16(26)8-11/h2-4,7-9,25-27H,5-6H2,1H3,(H3,21,22,23,24). The van der Waals surface area contributed by atoms with Gasteiger partial charge < -0.3 is 26.4 Å². The molecule has 1 aromatic heterocycles. The van der Waals surface area contributed by atoms with Gasteiger partial charge in [-0.3, -0.25) is 0 Å². The van der Waals surface area contributed by atoms with Crippen molar-refractivity contribution in [1.82, 2.24) is 9.97 Å². The lowest BCUT2D eigenvalue weighted by atomic mass is 10.1. The first kappa shape index (κ1) is 18.6. The fourth-order valence-electron chi connectivity index (χ4n) is 2.72. The van der Waals surface area contributed by atoms with Gasteiger partial charge >= 0.3 is 0 Å². The van der Waals surface area contributed by atoms with Crippen LogP contribution in [0.4, 0.5) is 11.8 Å². The molecular formula is C19H19ClN4O3. The predicted octanol–water partition coefficient (Wildman–Crippen LogP) is 3.46. The average Bonchev–Trinajstić information content (AvgIpc) is 2.61. The molecule has 0 aliphatic rings. The van der Waals surface area contributed by atoms with Gasteiger partial charge in [-0.05, 0) is 42.7 Å². The van der Waals surface area contributed by atoms with Gasteiger partial charge in [0.1, 0.15) is 5.82 Å². The summed E-state index contributed by atoms with van der Waals surface area (Å²) in [5.41, 5.74) is 8.92. The Morgan fingerprint density at radius 3 is 2.48 bits per heavy atom. The van der Waals surface area contributed by atoms with E-state index < -0.39 is 5.75 Å². The quantitative estimate of drug-likeness (QED) is 0.425. The summed E-state index contributed by atoms with van der Waals surface area (Å²) in [4.78, 5) is 8.45. The Morgan fingerprint density at radius 2 is 1.78 bits per heavy atom. The van der Waals surface area contributed by atoms with Gasteiger partial charge in [0, 0.05) is 23.2 Å². The minimum absolute atomic E-state index is 0.134. The number of nitrogens with two attached hydrogens (primary N) is 1. The van der Waals surface area contributed by atoms with E-state index >= 15 is 0 Å². The average molecular weight is 387 g/mol. The number of halogens is 1. The maximum Gasteiger partial charge on any atom is 0.222 e. The highest BCUT2D eigenvalue weighted by atomic mass is 35.5. The van der Waals surface area contributed by atoms with E-state index in [1.165, 1.54) is 12.1 Å². The lowest BCUT2D eigenvalue weighted by molar-refractivity contribution is 0.367. The van der Waals surface area contributed by atoms with E-state index in [1.54, 1.807) is 6.07 Å². The molecule has 0 saturated heterocycles. The Hall–Kier alpha value is -3.19. The van der Waals surface area contributed by atoms with Crippen molar-refractivity contribution < 1.29 is 15.3 Å². The number of nitrogen functional groups attached to an aromatic ring is 1. The highest BCUT2D eigenvalue weighted by Crippen LogP contribution is 2.35. The Bertz CT molecular complexity index is 972. The monoisotopic (exact) mass is 386 g/mol. The van der Waals surface area contributed by atoms with Crippen molar-refractivity contribution in [2.45, 2.75) is 13.3 Å². The van der Waals surface area contributed by atoms with Crippen LogP contribution in [0.3, 0.4) is 0 Å². The number of aromatic hydroxyl groups is 3. The zero-order valence-corrected chi connectivity index (χ0v) is 15.3. The SMILES string of the molecule is Cc1c(Cl)cccc1-c1cc(NCCc2cc(O)c(O)c(O)c2)nc(N)n1. The van der Waals surface area contributed by atoms with Crippen LogP contribution >= 0.6 is 11.6 Å². The summed E-state index contributed by atoms with van der Waals surface area (Å²) in [7, 11) is 0. The van der Waals surface area contributed by atoms with Crippen LogP contribution in [-0.4, -0.2) is 31.8 Å². The molecule has 0 spiro atoms. The zero-order valence-electron chi connectivity index (χ0n) is 14.6. The van der Waals surface area contributed by atoms with E-state index in [2.05, 4.69) is 15.3 Å². The molecule has 0 radical (unpaired) electrons. The van der Waals surface area contributed by atoms with Crippen molar-refractivity contribution in [3.8, 4) is 28.5 Å². The third-order valence-corrected chi connectivity index (χ3v) is 4.55. The molecule has 3 aromatic rings. The van der Waals surface area contributed by atoms with Crippen LogP contribution in [0.2, 0.25) is 5.02 Å². The first-order valence-electron chi connectivity index (χ1n) is 8.23. The van der Waals surface area contributed by atoms with E-state index in [4.69, 9.17) is 17.3 Å². The third-order valence-electron chi connectivity index (χ3n) is 4.14. The maximum absolute atomic E-state index is 9.57. The summed E-state index contributed by atoms with van der Waals surface area (Å²) >= 11 is 6.18. The van der Waals surface area contributed by atoms with Gasteiger partial charge in [-0.25, -0.2) is 4.98 Å². The number of hydrogen-bond donors (Lipinski definition) is 5. The van der Waals surface area contributed by atoms with Gasteiger partial charge in [-0.1, -0.05) is 23.7 Å². The molecular weight excluding hydrogens is 368 g/mol. The normalized spacial score (nSPS) is 10.7. The minimum atomic E-state index is -0.531. The lowest BCUT2D eigenvalue weighted by Crippen LogP contribution is -2.08. The summed E-state index contributed by atoms with van der Waals surface area (Å²) in [5, 5.41) is 32.3. The van der Waals surface area contributed by atoms with E-state index in [0.29, 0.717) is 35.1 Å². The molecule has 27 heavy (non-hydrogen) atoms. The number of nitrogens with one attached hydrogen (secondary N) is 1. The highest BCUT2D eigenvalue weighted by molar-refractivity contribution is 6.31. The van der Waals surface area contributed by atoms with E-state index in [-0.39, 0.29) is 17.4 Å². The summed E-state index contributed by atoms with van der Waals surface area (Å²) in [6.45, 7) is 2.38. The zero-order chi connectivity index (χ0) is 19.6. The number of hydrogen-bond acceptors (Lipinski definition) is 7. The van der Waals surface area contributed by atoms with E-state index in [1.807, 2.05) is 25.1 Å². The Labute approximate surface area is 161 Å². The van der Waals surface area contributed by atoms with Gasteiger partial charge in [-0.2, -0.15) is 4.98 Å². The Kier molecular flexibility index (Phi) is 5.23. The Balaban J connectivity index is 1.76. The Morgan fingerprint density at radius 1 is 1.07 bits per heavy atom.